The topological polar surface area (TPSA) is 64.6 Å². The van der Waals surface area contributed by atoms with Crippen LogP contribution in [0.1, 0.15) is 42.5 Å². The Labute approximate surface area is 159 Å². The summed E-state index contributed by atoms with van der Waals surface area (Å²) in [6.45, 7) is 3.25. The number of aryl methyl sites for hydroxylation is 2. The highest BCUT2D eigenvalue weighted by molar-refractivity contribution is 5.82. The van der Waals surface area contributed by atoms with Crippen LogP contribution in [0, 0.1) is 6.92 Å². The van der Waals surface area contributed by atoms with Gasteiger partial charge in [0.1, 0.15) is 5.75 Å². The van der Waals surface area contributed by atoms with E-state index in [1.807, 2.05) is 43.3 Å². The van der Waals surface area contributed by atoms with Crippen LogP contribution >= 0.6 is 0 Å². The van der Waals surface area contributed by atoms with E-state index >= 15 is 0 Å². The van der Waals surface area contributed by atoms with Crippen molar-refractivity contribution in [2.24, 2.45) is 0 Å². The van der Waals surface area contributed by atoms with Crippen LogP contribution in [-0.4, -0.2) is 24.6 Å². The zero-order valence-electron chi connectivity index (χ0n) is 15.7. The van der Waals surface area contributed by atoms with Gasteiger partial charge in [-0.25, -0.2) is 4.79 Å². The Hall–Kier alpha value is -2.82. The summed E-state index contributed by atoms with van der Waals surface area (Å²) >= 11 is 0. The summed E-state index contributed by atoms with van der Waals surface area (Å²) in [5.41, 5.74) is 3.46. The number of benzene rings is 2. The largest absolute Gasteiger partial charge is 0.479 e. The molecule has 27 heavy (non-hydrogen) atoms. The van der Waals surface area contributed by atoms with Crippen molar-refractivity contribution in [3.05, 3.63) is 65.2 Å². The average Bonchev–Trinajstić information content (AvgIpc) is 2.66. The maximum absolute atomic E-state index is 12.2. The van der Waals surface area contributed by atoms with E-state index in [4.69, 9.17) is 9.47 Å². The molecule has 0 saturated carbocycles. The highest BCUT2D eigenvalue weighted by atomic mass is 16.6. The van der Waals surface area contributed by atoms with E-state index < -0.39 is 12.1 Å². The number of nitrogens with one attached hydrogen (secondary N) is 1. The Bertz CT molecular complexity index is 817. The number of esters is 1. The van der Waals surface area contributed by atoms with E-state index in [1.54, 1.807) is 13.0 Å². The van der Waals surface area contributed by atoms with Gasteiger partial charge in [-0.1, -0.05) is 36.4 Å². The first kappa shape index (κ1) is 19.0. The third-order valence-corrected chi connectivity index (χ3v) is 4.68. The lowest BCUT2D eigenvalue weighted by atomic mass is 9.88. The smallest absolute Gasteiger partial charge is 0.347 e. The van der Waals surface area contributed by atoms with Gasteiger partial charge in [-0.05, 0) is 61.9 Å². The highest BCUT2D eigenvalue weighted by Crippen LogP contribution is 2.29. The second-order valence-corrected chi connectivity index (χ2v) is 6.90. The highest BCUT2D eigenvalue weighted by Gasteiger charge is 2.23. The average molecular weight is 367 g/mol. The molecule has 0 bridgehead atoms. The minimum atomic E-state index is -0.782. The summed E-state index contributed by atoms with van der Waals surface area (Å²) in [6.07, 6.45) is 2.17. The first-order valence-electron chi connectivity index (χ1n) is 9.30. The minimum Gasteiger partial charge on any atom is -0.479 e. The SMILES string of the molecule is Cc1cccc(O[C@@H](C)C(=O)OCC(=O)N[C@H]2CCCc3ccccc32)c1. The second-order valence-electron chi connectivity index (χ2n) is 6.90. The molecule has 0 radical (unpaired) electrons. The fraction of sp³-hybridized carbons (Fsp3) is 0.364. The molecule has 5 heteroatoms. The molecule has 0 heterocycles. The lowest BCUT2D eigenvalue weighted by molar-refractivity contribution is -0.154. The van der Waals surface area contributed by atoms with Crippen molar-refractivity contribution in [3.8, 4) is 5.75 Å². The summed E-state index contributed by atoms with van der Waals surface area (Å²) in [7, 11) is 0. The number of carbonyl (C=O) groups excluding carboxylic acids is 2. The van der Waals surface area contributed by atoms with E-state index in [2.05, 4.69) is 11.4 Å². The molecular weight excluding hydrogens is 342 g/mol. The van der Waals surface area contributed by atoms with Crippen molar-refractivity contribution in [1.82, 2.24) is 5.32 Å². The Morgan fingerprint density at radius 3 is 2.81 bits per heavy atom. The number of rotatable bonds is 6. The third-order valence-electron chi connectivity index (χ3n) is 4.68. The van der Waals surface area contributed by atoms with Gasteiger partial charge in [0.05, 0.1) is 6.04 Å². The second kappa shape index (κ2) is 8.71. The van der Waals surface area contributed by atoms with Crippen molar-refractivity contribution in [1.29, 1.82) is 0 Å². The summed E-state index contributed by atoms with van der Waals surface area (Å²) in [5, 5.41) is 2.97. The Morgan fingerprint density at radius 1 is 1.19 bits per heavy atom. The molecule has 5 nitrogen and oxygen atoms in total. The molecule has 1 N–H and O–H groups in total. The van der Waals surface area contributed by atoms with Gasteiger partial charge in [-0.3, -0.25) is 4.79 Å². The summed E-state index contributed by atoms with van der Waals surface area (Å²) < 4.78 is 10.7. The van der Waals surface area contributed by atoms with Crippen molar-refractivity contribution in [2.45, 2.75) is 45.3 Å². The lowest BCUT2D eigenvalue weighted by Crippen LogP contribution is -2.36. The van der Waals surface area contributed by atoms with Gasteiger partial charge >= 0.3 is 5.97 Å². The normalized spacial score (nSPS) is 16.7. The predicted molar refractivity (Wildman–Crippen MR) is 102 cm³/mol. The van der Waals surface area contributed by atoms with E-state index in [-0.39, 0.29) is 18.6 Å². The lowest BCUT2D eigenvalue weighted by Gasteiger charge is -2.26. The van der Waals surface area contributed by atoms with Gasteiger partial charge in [-0.15, -0.1) is 0 Å². The predicted octanol–water partition coefficient (Wildman–Crippen LogP) is 3.50. The zero-order valence-corrected chi connectivity index (χ0v) is 15.7. The van der Waals surface area contributed by atoms with Gasteiger partial charge in [-0.2, -0.15) is 0 Å². The maximum Gasteiger partial charge on any atom is 0.347 e. The molecule has 2 atom stereocenters. The van der Waals surface area contributed by atoms with Crippen molar-refractivity contribution in [3.63, 3.8) is 0 Å². The molecule has 0 spiro atoms. The summed E-state index contributed by atoms with van der Waals surface area (Å²) in [4.78, 5) is 24.3. The molecule has 0 aromatic heterocycles. The van der Waals surface area contributed by atoms with Crippen LogP contribution in [0.25, 0.3) is 0 Å². The van der Waals surface area contributed by atoms with Gasteiger partial charge in [0, 0.05) is 0 Å². The first-order chi connectivity index (χ1) is 13.0. The van der Waals surface area contributed by atoms with Crippen LogP contribution in [0.4, 0.5) is 0 Å². The molecule has 3 rings (SSSR count). The molecule has 2 aromatic carbocycles. The van der Waals surface area contributed by atoms with Crippen LogP contribution in [0.15, 0.2) is 48.5 Å². The Morgan fingerprint density at radius 2 is 2.00 bits per heavy atom. The van der Waals surface area contributed by atoms with Crippen LogP contribution in [0.3, 0.4) is 0 Å². The molecule has 0 saturated heterocycles. The number of hydrogen-bond donors (Lipinski definition) is 1. The third kappa shape index (κ3) is 5.09. The summed E-state index contributed by atoms with van der Waals surface area (Å²) in [6, 6.07) is 15.5. The molecular formula is C22H25NO4. The molecule has 1 aliphatic rings. The van der Waals surface area contributed by atoms with Crippen LogP contribution < -0.4 is 10.1 Å². The van der Waals surface area contributed by atoms with Crippen molar-refractivity contribution < 1.29 is 19.1 Å². The summed E-state index contributed by atoms with van der Waals surface area (Å²) in [5.74, 6) is -0.258. The van der Waals surface area contributed by atoms with E-state index in [0.29, 0.717) is 5.75 Å². The molecule has 2 aromatic rings. The first-order valence-corrected chi connectivity index (χ1v) is 9.30. The van der Waals surface area contributed by atoms with Gasteiger partial charge < -0.3 is 14.8 Å². The molecule has 0 fully saturated rings. The van der Waals surface area contributed by atoms with Crippen molar-refractivity contribution >= 4 is 11.9 Å². The monoisotopic (exact) mass is 367 g/mol. The van der Waals surface area contributed by atoms with Crippen LogP contribution in [0.2, 0.25) is 0 Å². The van der Waals surface area contributed by atoms with Gasteiger partial charge in [0.15, 0.2) is 12.7 Å². The van der Waals surface area contributed by atoms with E-state index in [0.717, 1.165) is 30.4 Å². The Kier molecular flexibility index (Phi) is 6.12. The number of amides is 1. The van der Waals surface area contributed by atoms with Crippen molar-refractivity contribution in [2.75, 3.05) is 6.61 Å². The Balaban J connectivity index is 1.48. The maximum atomic E-state index is 12.2. The molecule has 1 aliphatic carbocycles. The minimum absolute atomic E-state index is 0.0258. The van der Waals surface area contributed by atoms with Gasteiger partial charge in [0.25, 0.3) is 5.91 Å². The van der Waals surface area contributed by atoms with Gasteiger partial charge in [0.2, 0.25) is 0 Å². The molecule has 142 valence electrons. The number of hydrogen-bond acceptors (Lipinski definition) is 4. The number of carbonyl (C=O) groups is 2. The molecule has 0 unspecified atom stereocenters. The number of fused-ring (bicyclic) bond motifs is 1. The zero-order chi connectivity index (χ0) is 19.2. The van der Waals surface area contributed by atoms with E-state index in [1.165, 1.54) is 5.56 Å². The fourth-order valence-electron chi connectivity index (χ4n) is 3.33. The molecule has 0 aliphatic heterocycles. The standard InChI is InChI=1S/C22H25NO4/c1-15-7-5-10-18(13-15)27-16(2)22(25)26-14-21(24)23-20-12-6-9-17-8-3-4-11-19(17)20/h3-5,7-8,10-11,13,16,20H,6,9,12,14H2,1-2H3,(H,23,24)/t16-,20-/m0/s1. The fourth-order valence-corrected chi connectivity index (χ4v) is 3.33. The van der Waals surface area contributed by atoms with Crippen LogP contribution in [0.5, 0.6) is 5.75 Å². The van der Waals surface area contributed by atoms with Crippen LogP contribution in [-0.2, 0) is 20.7 Å². The quantitative estimate of drug-likeness (QED) is 0.794. The van der Waals surface area contributed by atoms with E-state index in [9.17, 15) is 9.59 Å². The molecule has 1 amide bonds. The number of ether oxygens (including phenoxy) is 2.